The van der Waals surface area contributed by atoms with Crippen LogP contribution >= 0.6 is 0 Å². The van der Waals surface area contributed by atoms with Crippen LogP contribution in [0.4, 0.5) is 4.79 Å². The van der Waals surface area contributed by atoms with Gasteiger partial charge in [0.15, 0.2) is 0 Å². The average Bonchev–Trinajstić information content (AvgIpc) is 2.51. The summed E-state index contributed by atoms with van der Waals surface area (Å²) in [6.07, 6.45) is -0.147. The van der Waals surface area contributed by atoms with Gasteiger partial charge < -0.3 is 4.74 Å². The predicted octanol–water partition coefficient (Wildman–Crippen LogP) is 3.68. The number of carbonyl (C=O) groups excluding carboxylic acids is 1. The summed E-state index contributed by atoms with van der Waals surface area (Å²) in [4.78, 5) is 12.9. The Morgan fingerprint density at radius 3 is 1.73 bits per heavy atom. The second-order valence-electron chi connectivity index (χ2n) is 3.98. The third-order valence-electron chi connectivity index (χ3n) is 1.77. The highest BCUT2D eigenvalue weighted by molar-refractivity contribution is 5.70. The molecule has 3 nitrogen and oxygen atoms in total. The number of rotatable bonds is 0. The van der Waals surface area contributed by atoms with Crippen LogP contribution in [0.15, 0.2) is 0 Å². The highest BCUT2D eigenvalue weighted by atomic mass is 16.6. The number of carbonyl (C=O) groups is 1. The smallest absolute Gasteiger partial charge is 0.410 e. The molecule has 0 saturated carbocycles. The molecule has 0 aromatic carbocycles. The molecule has 0 N–H and O–H groups in total. The Hall–Kier alpha value is -0.730. The summed E-state index contributed by atoms with van der Waals surface area (Å²) in [7, 11) is 0. The van der Waals surface area contributed by atoms with Gasteiger partial charge in [0.25, 0.3) is 0 Å². The van der Waals surface area contributed by atoms with Crippen molar-refractivity contribution in [2.45, 2.75) is 67.0 Å². The maximum Gasteiger partial charge on any atom is 0.410 e. The Kier molecular flexibility index (Phi) is 8.40. The molecule has 0 aromatic rings. The highest BCUT2D eigenvalue weighted by Crippen LogP contribution is 2.21. The van der Waals surface area contributed by atoms with Crippen molar-refractivity contribution < 1.29 is 9.53 Å². The molecule has 1 amide bonds. The number of hydrogen-bond acceptors (Lipinski definition) is 2. The number of ether oxygens (including phenoxy) is 1. The third-order valence-corrected chi connectivity index (χ3v) is 1.77. The van der Waals surface area contributed by atoms with Crippen molar-refractivity contribution >= 4 is 6.09 Å². The van der Waals surface area contributed by atoms with Crippen LogP contribution in [0, 0.1) is 0 Å². The van der Waals surface area contributed by atoms with E-state index in [-0.39, 0.29) is 17.7 Å². The molecule has 1 heterocycles. The number of hydrogen-bond donors (Lipinski definition) is 0. The van der Waals surface area contributed by atoms with E-state index in [0.29, 0.717) is 6.54 Å². The first-order chi connectivity index (χ1) is 6.91. The highest BCUT2D eigenvalue weighted by Gasteiger charge is 2.35. The zero-order valence-corrected chi connectivity index (χ0v) is 11.5. The molecule has 0 bridgehead atoms. The first-order valence-electron chi connectivity index (χ1n) is 5.89. The summed E-state index contributed by atoms with van der Waals surface area (Å²) in [5, 5.41) is 0. The SMILES string of the molecule is CC.CC.C[C@H]1CN(C(C)(C)C)C(=O)O1. The fourth-order valence-corrected chi connectivity index (χ4v) is 1.15. The quantitative estimate of drug-likeness (QED) is 0.619. The van der Waals surface area contributed by atoms with Gasteiger partial charge in [-0.15, -0.1) is 0 Å². The zero-order valence-electron chi connectivity index (χ0n) is 11.5. The molecule has 1 rings (SSSR count). The molecule has 1 aliphatic rings. The monoisotopic (exact) mass is 217 g/mol. The molecule has 3 heteroatoms. The fourth-order valence-electron chi connectivity index (χ4n) is 1.15. The lowest BCUT2D eigenvalue weighted by molar-refractivity contribution is 0.123. The standard InChI is InChI=1S/C8H15NO2.2C2H6/c1-6-5-9(7(10)11-6)8(2,3)4;2*1-2/h6H,5H2,1-4H3;2*1-2H3/t6-;;/m0../s1. The van der Waals surface area contributed by atoms with E-state index in [4.69, 9.17) is 4.74 Å². The molecule has 0 aliphatic carbocycles. The summed E-state index contributed by atoms with van der Waals surface area (Å²) in [6.45, 7) is 16.6. The molecule has 92 valence electrons. The topological polar surface area (TPSA) is 29.5 Å². The molecule has 0 aromatic heterocycles. The zero-order chi connectivity index (χ0) is 12.6. The van der Waals surface area contributed by atoms with E-state index in [0.717, 1.165) is 0 Å². The van der Waals surface area contributed by atoms with Gasteiger partial charge in [-0.05, 0) is 27.7 Å². The van der Waals surface area contributed by atoms with Gasteiger partial charge in [-0.1, -0.05) is 27.7 Å². The lowest BCUT2D eigenvalue weighted by Gasteiger charge is -2.28. The van der Waals surface area contributed by atoms with Crippen LogP contribution in [-0.4, -0.2) is 29.2 Å². The fraction of sp³-hybridized carbons (Fsp3) is 0.917. The van der Waals surface area contributed by atoms with Crippen LogP contribution in [0.1, 0.15) is 55.4 Å². The number of nitrogens with zero attached hydrogens (tertiary/aromatic N) is 1. The Balaban J connectivity index is 0. The second-order valence-corrected chi connectivity index (χ2v) is 3.98. The van der Waals surface area contributed by atoms with Crippen molar-refractivity contribution in [2.24, 2.45) is 0 Å². The first kappa shape index (κ1) is 16.7. The van der Waals surface area contributed by atoms with Crippen LogP contribution in [0.25, 0.3) is 0 Å². The van der Waals surface area contributed by atoms with E-state index in [2.05, 4.69) is 0 Å². The van der Waals surface area contributed by atoms with Crippen LogP contribution in [0.5, 0.6) is 0 Å². The normalized spacial score (nSPS) is 19.6. The molecule has 1 atom stereocenters. The molecule has 0 spiro atoms. The summed E-state index contributed by atoms with van der Waals surface area (Å²) in [5.41, 5.74) is -0.109. The molecule has 0 unspecified atom stereocenters. The van der Waals surface area contributed by atoms with Gasteiger partial charge in [-0.3, -0.25) is 4.90 Å². The summed E-state index contributed by atoms with van der Waals surface area (Å²) in [5.74, 6) is 0. The molecule has 0 radical (unpaired) electrons. The summed E-state index contributed by atoms with van der Waals surface area (Å²) in [6, 6.07) is 0. The average molecular weight is 217 g/mol. The predicted molar refractivity (Wildman–Crippen MR) is 65.1 cm³/mol. The molecule has 1 saturated heterocycles. The number of cyclic esters (lactones) is 1. The first-order valence-corrected chi connectivity index (χ1v) is 5.89. The van der Waals surface area contributed by atoms with E-state index in [1.807, 2.05) is 55.4 Å². The largest absolute Gasteiger partial charge is 0.444 e. The van der Waals surface area contributed by atoms with Crippen LogP contribution in [-0.2, 0) is 4.74 Å². The minimum atomic E-state index is -0.190. The van der Waals surface area contributed by atoms with E-state index in [9.17, 15) is 4.79 Å². The third kappa shape index (κ3) is 5.65. The Bertz CT molecular complexity index is 173. The lowest BCUT2D eigenvalue weighted by Crippen LogP contribution is -2.42. The number of amides is 1. The molecule has 1 aliphatic heterocycles. The minimum absolute atomic E-state index is 0.0433. The van der Waals surface area contributed by atoms with Crippen molar-refractivity contribution in [1.29, 1.82) is 0 Å². The lowest BCUT2D eigenvalue weighted by atomic mass is 10.1. The van der Waals surface area contributed by atoms with Gasteiger partial charge in [0.2, 0.25) is 0 Å². The Morgan fingerprint density at radius 1 is 1.20 bits per heavy atom. The summed E-state index contributed by atoms with van der Waals surface area (Å²) >= 11 is 0. The van der Waals surface area contributed by atoms with Crippen molar-refractivity contribution in [3.63, 3.8) is 0 Å². The van der Waals surface area contributed by atoms with Crippen molar-refractivity contribution in [2.75, 3.05) is 6.54 Å². The van der Waals surface area contributed by atoms with Gasteiger partial charge in [0.1, 0.15) is 6.10 Å². The van der Waals surface area contributed by atoms with Crippen molar-refractivity contribution in [3.8, 4) is 0 Å². The van der Waals surface area contributed by atoms with Crippen molar-refractivity contribution in [3.05, 3.63) is 0 Å². The maximum atomic E-state index is 11.1. The van der Waals surface area contributed by atoms with E-state index in [1.165, 1.54) is 0 Å². The Morgan fingerprint density at radius 2 is 1.60 bits per heavy atom. The van der Waals surface area contributed by atoms with E-state index in [1.54, 1.807) is 4.90 Å². The van der Waals surface area contributed by atoms with Gasteiger partial charge >= 0.3 is 6.09 Å². The van der Waals surface area contributed by atoms with Gasteiger partial charge in [0.05, 0.1) is 6.54 Å². The van der Waals surface area contributed by atoms with Crippen molar-refractivity contribution in [1.82, 2.24) is 4.90 Å². The second kappa shape index (κ2) is 7.55. The Labute approximate surface area is 94.8 Å². The van der Waals surface area contributed by atoms with Crippen LogP contribution in [0.3, 0.4) is 0 Å². The molecule has 1 fully saturated rings. The van der Waals surface area contributed by atoms with Gasteiger partial charge in [0, 0.05) is 5.54 Å². The van der Waals surface area contributed by atoms with Gasteiger partial charge in [-0.25, -0.2) is 4.79 Å². The minimum Gasteiger partial charge on any atom is -0.444 e. The maximum absolute atomic E-state index is 11.1. The van der Waals surface area contributed by atoms with Gasteiger partial charge in [-0.2, -0.15) is 0 Å². The van der Waals surface area contributed by atoms with Crippen LogP contribution < -0.4 is 0 Å². The van der Waals surface area contributed by atoms with Crippen LogP contribution in [0.2, 0.25) is 0 Å². The van der Waals surface area contributed by atoms with E-state index < -0.39 is 0 Å². The van der Waals surface area contributed by atoms with E-state index >= 15 is 0 Å². The molecule has 15 heavy (non-hydrogen) atoms. The molecular formula is C12H27NO2. The molecular weight excluding hydrogens is 190 g/mol. The summed E-state index contributed by atoms with van der Waals surface area (Å²) < 4.78 is 4.99.